The van der Waals surface area contributed by atoms with E-state index in [9.17, 15) is 0 Å². The summed E-state index contributed by atoms with van der Waals surface area (Å²) in [6.45, 7) is 4.72. The van der Waals surface area contributed by atoms with Crippen LogP contribution in [-0.4, -0.2) is 18.3 Å². The van der Waals surface area contributed by atoms with Gasteiger partial charge in [0.15, 0.2) is 0 Å². The Kier molecular flexibility index (Phi) is 6.94. The number of benzene rings is 2. The van der Waals surface area contributed by atoms with Gasteiger partial charge in [-0.15, -0.1) is 0 Å². The Balaban J connectivity index is 1.82. The van der Waals surface area contributed by atoms with E-state index in [0.717, 1.165) is 31.7 Å². The standard InChI is InChI=1S/C19H25NO2/c1-16-7-2-3-9-18(16)15-22-19-10-6-8-17(13-19)14-20-11-4-5-12-21/h2-3,6-10,13,20-21H,4-5,11-12,14-15H2,1H3. The predicted octanol–water partition coefficient (Wildman–Crippen LogP) is 3.44. The first kappa shape index (κ1) is 16.5. The summed E-state index contributed by atoms with van der Waals surface area (Å²) >= 11 is 0. The fourth-order valence-corrected chi connectivity index (χ4v) is 2.27. The second kappa shape index (κ2) is 9.23. The van der Waals surface area contributed by atoms with E-state index in [0.29, 0.717) is 6.61 Å². The quantitative estimate of drug-likeness (QED) is 0.697. The van der Waals surface area contributed by atoms with Gasteiger partial charge in [0.1, 0.15) is 12.4 Å². The highest BCUT2D eigenvalue weighted by Crippen LogP contribution is 2.16. The van der Waals surface area contributed by atoms with E-state index in [1.807, 2.05) is 24.3 Å². The zero-order valence-corrected chi connectivity index (χ0v) is 13.2. The average molecular weight is 299 g/mol. The molecule has 3 heteroatoms. The molecule has 0 spiro atoms. The van der Waals surface area contributed by atoms with Gasteiger partial charge >= 0.3 is 0 Å². The number of ether oxygens (including phenoxy) is 1. The molecular formula is C19H25NO2. The van der Waals surface area contributed by atoms with Crippen molar-refractivity contribution in [2.24, 2.45) is 0 Å². The van der Waals surface area contributed by atoms with Crippen LogP contribution in [0.15, 0.2) is 48.5 Å². The molecule has 0 saturated heterocycles. The van der Waals surface area contributed by atoms with Gasteiger partial charge in [-0.25, -0.2) is 0 Å². The van der Waals surface area contributed by atoms with Gasteiger partial charge in [0.05, 0.1) is 0 Å². The lowest BCUT2D eigenvalue weighted by atomic mass is 10.1. The fourth-order valence-electron chi connectivity index (χ4n) is 2.27. The van der Waals surface area contributed by atoms with Gasteiger partial charge in [-0.1, -0.05) is 36.4 Å². The van der Waals surface area contributed by atoms with Crippen LogP contribution in [0.3, 0.4) is 0 Å². The molecule has 0 atom stereocenters. The largest absolute Gasteiger partial charge is 0.489 e. The molecule has 0 fully saturated rings. The van der Waals surface area contributed by atoms with Crippen molar-refractivity contribution in [3.05, 3.63) is 65.2 Å². The van der Waals surface area contributed by atoms with E-state index in [4.69, 9.17) is 9.84 Å². The highest BCUT2D eigenvalue weighted by Gasteiger charge is 2.00. The normalized spacial score (nSPS) is 10.6. The van der Waals surface area contributed by atoms with E-state index in [-0.39, 0.29) is 6.61 Å². The molecule has 0 bridgehead atoms. The highest BCUT2D eigenvalue weighted by atomic mass is 16.5. The van der Waals surface area contributed by atoms with Gasteiger partial charge in [0.2, 0.25) is 0 Å². The maximum Gasteiger partial charge on any atom is 0.120 e. The van der Waals surface area contributed by atoms with E-state index in [2.05, 4.69) is 36.5 Å². The van der Waals surface area contributed by atoms with E-state index < -0.39 is 0 Å². The van der Waals surface area contributed by atoms with Gasteiger partial charge in [0, 0.05) is 13.2 Å². The third kappa shape index (κ3) is 5.51. The van der Waals surface area contributed by atoms with Gasteiger partial charge in [0.25, 0.3) is 0 Å². The Morgan fingerprint density at radius 2 is 1.91 bits per heavy atom. The Hall–Kier alpha value is -1.84. The zero-order chi connectivity index (χ0) is 15.6. The number of aliphatic hydroxyl groups is 1. The van der Waals surface area contributed by atoms with Gasteiger partial charge in [-0.05, 0) is 55.1 Å². The summed E-state index contributed by atoms with van der Waals surface area (Å²) in [7, 11) is 0. The van der Waals surface area contributed by atoms with Crippen LogP contribution >= 0.6 is 0 Å². The molecule has 0 aliphatic rings. The van der Waals surface area contributed by atoms with Crippen molar-refractivity contribution in [2.75, 3.05) is 13.2 Å². The molecule has 0 unspecified atom stereocenters. The minimum absolute atomic E-state index is 0.268. The zero-order valence-electron chi connectivity index (χ0n) is 13.2. The minimum atomic E-state index is 0.268. The number of hydrogen-bond acceptors (Lipinski definition) is 3. The lowest BCUT2D eigenvalue weighted by Gasteiger charge is -2.10. The maximum atomic E-state index is 8.75. The molecule has 0 amide bonds. The third-order valence-electron chi connectivity index (χ3n) is 3.64. The van der Waals surface area contributed by atoms with Crippen molar-refractivity contribution in [1.82, 2.24) is 5.32 Å². The number of rotatable bonds is 9. The lowest BCUT2D eigenvalue weighted by molar-refractivity contribution is 0.283. The van der Waals surface area contributed by atoms with Gasteiger partial charge < -0.3 is 15.2 Å². The molecule has 2 rings (SSSR count). The van der Waals surface area contributed by atoms with Crippen molar-refractivity contribution < 1.29 is 9.84 Å². The molecule has 3 nitrogen and oxygen atoms in total. The summed E-state index contributed by atoms with van der Waals surface area (Å²) in [5, 5.41) is 12.1. The van der Waals surface area contributed by atoms with Crippen LogP contribution in [0.25, 0.3) is 0 Å². The predicted molar refractivity (Wildman–Crippen MR) is 90.0 cm³/mol. The first-order chi connectivity index (χ1) is 10.8. The molecule has 0 aliphatic heterocycles. The molecule has 118 valence electrons. The van der Waals surface area contributed by atoms with E-state index >= 15 is 0 Å². The highest BCUT2D eigenvalue weighted by molar-refractivity contribution is 5.30. The number of nitrogens with one attached hydrogen (secondary N) is 1. The number of unbranched alkanes of at least 4 members (excludes halogenated alkanes) is 1. The SMILES string of the molecule is Cc1ccccc1COc1cccc(CNCCCCO)c1. The summed E-state index contributed by atoms with van der Waals surface area (Å²) in [5.74, 6) is 0.901. The van der Waals surface area contributed by atoms with Crippen LogP contribution in [-0.2, 0) is 13.2 Å². The average Bonchev–Trinajstić information content (AvgIpc) is 2.54. The van der Waals surface area contributed by atoms with Crippen molar-refractivity contribution in [1.29, 1.82) is 0 Å². The lowest BCUT2D eigenvalue weighted by Crippen LogP contribution is -2.15. The van der Waals surface area contributed by atoms with Crippen LogP contribution in [0.5, 0.6) is 5.75 Å². The molecule has 2 aromatic rings. The summed E-state index contributed by atoms with van der Waals surface area (Å²) in [6, 6.07) is 16.5. The number of hydrogen-bond donors (Lipinski definition) is 2. The Labute approximate surface area is 133 Å². The van der Waals surface area contributed by atoms with Crippen LogP contribution in [0, 0.1) is 6.92 Å². The number of aliphatic hydroxyl groups excluding tert-OH is 1. The Bertz CT molecular complexity index is 569. The van der Waals surface area contributed by atoms with Crippen LogP contribution < -0.4 is 10.1 Å². The van der Waals surface area contributed by atoms with Gasteiger partial charge in [-0.2, -0.15) is 0 Å². The minimum Gasteiger partial charge on any atom is -0.489 e. The molecule has 0 aliphatic carbocycles. The van der Waals surface area contributed by atoms with Crippen LogP contribution in [0.4, 0.5) is 0 Å². The summed E-state index contributed by atoms with van der Waals surface area (Å²) < 4.78 is 5.90. The fraction of sp³-hybridized carbons (Fsp3) is 0.368. The van der Waals surface area contributed by atoms with E-state index in [1.165, 1.54) is 16.7 Å². The Morgan fingerprint density at radius 1 is 1.05 bits per heavy atom. The molecule has 0 heterocycles. The van der Waals surface area contributed by atoms with Crippen LogP contribution in [0.2, 0.25) is 0 Å². The molecule has 0 saturated carbocycles. The summed E-state index contributed by atoms with van der Waals surface area (Å²) in [6.07, 6.45) is 1.85. The van der Waals surface area contributed by atoms with Crippen molar-refractivity contribution in [3.63, 3.8) is 0 Å². The van der Waals surface area contributed by atoms with Gasteiger partial charge in [-0.3, -0.25) is 0 Å². The third-order valence-corrected chi connectivity index (χ3v) is 3.64. The topological polar surface area (TPSA) is 41.5 Å². The molecule has 0 radical (unpaired) electrons. The van der Waals surface area contributed by atoms with Crippen LogP contribution in [0.1, 0.15) is 29.5 Å². The first-order valence-corrected chi connectivity index (χ1v) is 7.87. The smallest absolute Gasteiger partial charge is 0.120 e. The number of aryl methyl sites for hydroxylation is 1. The van der Waals surface area contributed by atoms with E-state index in [1.54, 1.807) is 0 Å². The van der Waals surface area contributed by atoms with Crippen molar-refractivity contribution in [2.45, 2.75) is 32.9 Å². The first-order valence-electron chi connectivity index (χ1n) is 7.87. The summed E-state index contributed by atoms with van der Waals surface area (Å²) in [5.41, 5.74) is 3.69. The van der Waals surface area contributed by atoms with Crippen molar-refractivity contribution >= 4 is 0 Å². The van der Waals surface area contributed by atoms with Crippen molar-refractivity contribution in [3.8, 4) is 5.75 Å². The molecule has 2 N–H and O–H groups in total. The Morgan fingerprint density at radius 3 is 2.73 bits per heavy atom. The second-order valence-corrected chi connectivity index (χ2v) is 5.47. The molecule has 0 aromatic heterocycles. The molecule has 2 aromatic carbocycles. The molecular weight excluding hydrogens is 274 g/mol. The monoisotopic (exact) mass is 299 g/mol. The second-order valence-electron chi connectivity index (χ2n) is 5.47. The maximum absolute atomic E-state index is 8.75. The molecule has 22 heavy (non-hydrogen) atoms. The summed E-state index contributed by atoms with van der Waals surface area (Å²) in [4.78, 5) is 0.